The Morgan fingerprint density at radius 2 is 2.25 bits per heavy atom. The Hall–Kier alpha value is -0.870. The van der Waals surface area contributed by atoms with E-state index in [4.69, 9.17) is 5.11 Å². The molecular weight excluding hydrogens is 156 g/mol. The van der Waals surface area contributed by atoms with Crippen molar-refractivity contribution in [1.29, 1.82) is 0 Å². The van der Waals surface area contributed by atoms with Crippen LogP contribution in [0.25, 0.3) is 0 Å². The number of carboxylic acid groups (broad SMARTS) is 1. The molecule has 0 saturated carbocycles. The molecule has 0 atom stereocenters. The van der Waals surface area contributed by atoms with Gasteiger partial charge < -0.3 is 15.3 Å². The van der Waals surface area contributed by atoms with Gasteiger partial charge in [0, 0.05) is 25.2 Å². The Labute approximate surface area is 72.9 Å². The highest BCUT2D eigenvalue weighted by Gasteiger charge is 2.06. The molecule has 0 saturated heterocycles. The lowest BCUT2D eigenvalue weighted by Gasteiger charge is -2.15. The van der Waals surface area contributed by atoms with Gasteiger partial charge in [-0.05, 0) is 14.1 Å². The van der Waals surface area contributed by atoms with Gasteiger partial charge in [0.25, 0.3) is 0 Å². The Kier molecular flexibility index (Phi) is 5.32. The molecule has 0 rings (SSSR count). The zero-order chi connectivity index (χ0) is 9.56. The summed E-state index contributed by atoms with van der Waals surface area (Å²) in [6.07, 6.45) is 0. The normalized spacial score (nSPS) is 10.2. The molecule has 12 heavy (non-hydrogen) atoms. The van der Waals surface area contributed by atoms with E-state index in [-0.39, 0.29) is 5.57 Å². The van der Waals surface area contributed by atoms with Crippen molar-refractivity contribution in [2.45, 2.75) is 0 Å². The average Bonchev–Trinajstić information content (AvgIpc) is 2.00. The Morgan fingerprint density at radius 3 is 2.67 bits per heavy atom. The highest BCUT2D eigenvalue weighted by molar-refractivity contribution is 5.86. The molecule has 0 spiro atoms. The van der Waals surface area contributed by atoms with Gasteiger partial charge in [-0.3, -0.25) is 0 Å². The molecule has 70 valence electrons. The lowest BCUT2D eigenvalue weighted by Crippen LogP contribution is -2.30. The predicted octanol–water partition coefficient (Wildman–Crippen LogP) is -0.222. The van der Waals surface area contributed by atoms with Crippen LogP contribution in [0.3, 0.4) is 0 Å². The zero-order valence-electron chi connectivity index (χ0n) is 7.63. The number of hydrogen-bond donors (Lipinski definition) is 2. The molecule has 0 bridgehead atoms. The largest absolute Gasteiger partial charge is 0.478 e. The number of hydrogen-bond acceptors (Lipinski definition) is 3. The van der Waals surface area contributed by atoms with Crippen LogP contribution in [-0.2, 0) is 4.79 Å². The minimum atomic E-state index is -0.925. The SMILES string of the molecule is C=C(CN(C)CCNC)C(=O)O. The van der Waals surface area contributed by atoms with Crippen molar-refractivity contribution in [3.63, 3.8) is 0 Å². The van der Waals surface area contributed by atoms with Crippen molar-refractivity contribution in [3.8, 4) is 0 Å². The summed E-state index contributed by atoms with van der Waals surface area (Å²) in [5.41, 5.74) is 0.230. The van der Waals surface area contributed by atoms with Crippen molar-refractivity contribution >= 4 is 5.97 Å². The predicted molar refractivity (Wildman–Crippen MR) is 48.2 cm³/mol. The monoisotopic (exact) mass is 172 g/mol. The molecule has 0 fully saturated rings. The van der Waals surface area contributed by atoms with E-state index in [2.05, 4.69) is 11.9 Å². The number of nitrogens with zero attached hydrogens (tertiary/aromatic N) is 1. The molecule has 0 aliphatic carbocycles. The number of likely N-dealkylation sites (N-methyl/N-ethyl adjacent to an activating group) is 2. The standard InChI is InChI=1S/C8H16N2O2/c1-7(8(11)12)6-10(3)5-4-9-2/h9H,1,4-6H2,2-3H3,(H,11,12). The maximum atomic E-state index is 10.4. The van der Waals surface area contributed by atoms with Crippen molar-refractivity contribution in [2.75, 3.05) is 33.7 Å². The molecule has 0 aliphatic heterocycles. The van der Waals surface area contributed by atoms with Crippen LogP contribution < -0.4 is 5.32 Å². The molecule has 0 radical (unpaired) electrons. The number of carbonyl (C=O) groups is 1. The second-order valence-corrected chi connectivity index (χ2v) is 2.75. The van der Waals surface area contributed by atoms with E-state index in [1.807, 2.05) is 19.0 Å². The summed E-state index contributed by atoms with van der Waals surface area (Å²) in [5, 5.41) is 11.5. The molecule has 2 N–H and O–H groups in total. The van der Waals surface area contributed by atoms with Crippen molar-refractivity contribution in [3.05, 3.63) is 12.2 Å². The molecule has 0 aromatic carbocycles. The van der Waals surface area contributed by atoms with Crippen LogP contribution in [-0.4, -0.2) is 49.7 Å². The molecule has 0 unspecified atom stereocenters. The fraction of sp³-hybridized carbons (Fsp3) is 0.625. The third-order valence-electron chi connectivity index (χ3n) is 1.51. The average molecular weight is 172 g/mol. The van der Waals surface area contributed by atoms with Crippen LogP contribution >= 0.6 is 0 Å². The third kappa shape index (κ3) is 4.87. The first-order chi connectivity index (χ1) is 5.57. The van der Waals surface area contributed by atoms with Gasteiger partial charge in [0.1, 0.15) is 0 Å². The van der Waals surface area contributed by atoms with Gasteiger partial charge in [-0.15, -0.1) is 0 Å². The maximum absolute atomic E-state index is 10.4. The molecule has 4 heteroatoms. The molecule has 0 aromatic rings. The van der Waals surface area contributed by atoms with Crippen LogP contribution in [0.2, 0.25) is 0 Å². The Balaban J connectivity index is 3.61. The van der Waals surface area contributed by atoms with Crippen LogP contribution in [0.4, 0.5) is 0 Å². The summed E-state index contributed by atoms with van der Waals surface area (Å²) in [6.45, 7) is 5.53. The van der Waals surface area contributed by atoms with Crippen molar-refractivity contribution < 1.29 is 9.90 Å². The van der Waals surface area contributed by atoms with Gasteiger partial charge in [-0.2, -0.15) is 0 Å². The van der Waals surface area contributed by atoms with Crippen LogP contribution in [0.5, 0.6) is 0 Å². The zero-order valence-corrected chi connectivity index (χ0v) is 7.63. The van der Waals surface area contributed by atoms with E-state index in [0.717, 1.165) is 13.1 Å². The maximum Gasteiger partial charge on any atom is 0.332 e. The second kappa shape index (κ2) is 5.74. The van der Waals surface area contributed by atoms with Gasteiger partial charge in [0.05, 0.1) is 0 Å². The summed E-state index contributed by atoms with van der Waals surface area (Å²) in [5.74, 6) is -0.925. The van der Waals surface area contributed by atoms with E-state index in [9.17, 15) is 4.79 Å². The highest BCUT2D eigenvalue weighted by Crippen LogP contribution is 1.93. The van der Waals surface area contributed by atoms with E-state index in [1.54, 1.807) is 0 Å². The van der Waals surface area contributed by atoms with E-state index < -0.39 is 5.97 Å². The summed E-state index contributed by atoms with van der Waals surface area (Å²) < 4.78 is 0. The van der Waals surface area contributed by atoms with Gasteiger partial charge in [-0.1, -0.05) is 6.58 Å². The third-order valence-corrected chi connectivity index (χ3v) is 1.51. The Bertz CT molecular complexity index is 168. The number of aliphatic carboxylic acids is 1. The quantitative estimate of drug-likeness (QED) is 0.544. The molecule has 0 aliphatic rings. The van der Waals surface area contributed by atoms with Gasteiger partial charge in [-0.25, -0.2) is 4.79 Å². The van der Waals surface area contributed by atoms with E-state index in [1.165, 1.54) is 0 Å². The van der Waals surface area contributed by atoms with E-state index >= 15 is 0 Å². The minimum Gasteiger partial charge on any atom is -0.478 e. The molecule has 0 aromatic heterocycles. The highest BCUT2D eigenvalue weighted by atomic mass is 16.4. The van der Waals surface area contributed by atoms with Crippen LogP contribution in [0.1, 0.15) is 0 Å². The topological polar surface area (TPSA) is 52.6 Å². The van der Waals surface area contributed by atoms with Crippen LogP contribution in [0.15, 0.2) is 12.2 Å². The van der Waals surface area contributed by atoms with E-state index in [0.29, 0.717) is 6.54 Å². The molecular formula is C8H16N2O2. The summed E-state index contributed by atoms with van der Waals surface area (Å²) >= 11 is 0. The van der Waals surface area contributed by atoms with Crippen molar-refractivity contribution in [1.82, 2.24) is 10.2 Å². The lowest BCUT2D eigenvalue weighted by molar-refractivity contribution is -0.132. The summed E-state index contributed by atoms with van der Waals surface area (Å²) in [4.78, 5) is 12.3. The molecule has 0 amide bonds. The fourth-order valence-corrected chi connectivity index (χ4v) is 0.775. The fourth-order valence-electron chi connectivity index (χ4n) is 0.775. The first kappa shape index (κ1) is 11.1. The molecule has 4 nitrogen and oxygen atoms in total. The van der Waals surface area contributed by atoms with Crippen LogP contribution in [0, 0.1) is 0 Å². The molecule has 0 heterocycles. The smallest absolute Gasteiger partial charge is 0.332 e. The minimum absolute atomic E-state index is 0.230. The van der Waals surface area contributed by atoms with Gasteiger partial charge >= 0.3 is 5.97 Å². The first-order valence-electron chi connectivity index (χ1n) is 3.82. The lowest BCUT2D eigenvalue weighted by atomic mass is 10.3. The second-order valence-electron chi connectivity index (χ2n) is 2.75. The summed E-state index contributed by atoms with van der Waals surface area (Å²) in [6, 6.07) is 0. The number of carboxylic acids is 1. The first-order valence-corrected chi connectivity index (χ1v) is 3.82. The van der Waals surface area contributed by atoms with Crippen molar-refractivity contribution in [2.24, 2.45) is 0 Å². The number of rotatable bonds is 6. The number of nitrogens with one attached hydrogen (secondary N) is 1. The van der Waals surface area contributed by atoms with Gasteiger partial charge in [0.15, 0.2) is 0 Å². The Morgan fingerprint density at radius 1 is 1.67 bits per heavy atom. The summed E-state index contributed by atoms with van der Waals surface area (Å²) in [7, 11) is 3.73. The van der Waals surface area contributed by atoms with Gasteiger partial charge in [0.2, 0.25) is 0 Å².